The van der Waals surface area contributed by atoms with Crippen molar-refractivity contribution in [3.8, 4) is 11.8 Å². The first kappa shape index (κ1) is 42.2. The molecule has 2 aromatic carbocycles. The van der Waals surface area contributed by atoms with Gasteiger partial charge >= 0.3 is 0 Å². The SMILES string of the molecule is Cc1cccc(C(=O)Nc2cccc(C#Cc3cncc(C(=O)N=[SH](O)(CCCO[Si](C)(C)C(C)(C)C)CCCO[Si](C)(C)C(C)(C)C)c3)c2)c1. The van der Waals surface area contributed by atoms with Gasteiger partial charge in [-0.15, -0.1) is 10.1 Å². The van der Waals surface area contributed by atoms with Crippen molar-refractivity contribution in [3.63, 3.8) is 0 Å². The summed E-state index contributed by atoms with van der Waals surface area (Å²) >= 11 is 0. The molecule has 11 heteroatoms. The molecular formula is C40H59N3O5SSi2. The van der Waals surface area contributed by atoms with Crippen LogP contribution >= 0.6 is 0 Å². The summed E-state index contributed by atoms with van der Waals surface area (Å²) in [5, 5.41) is 3.09. The topological polar surface area (TPSA) is 110 Å². The van der Waals surface area contributed by atoms with Gasteiger partial charge in [0.2, 0.25) is 0 Å². The molecule has 2 amide bonds. The van der Waals surface area contributed by atoms with E-state index < -0.39 is 32.6 Å². The number of pyridine rings is 1. The fourth-order valence-corrected chi connectivity index (χ4v) is 8.92. The number of benzene rings is 2. The smallest absolute Gasteiger partial charge is 0.284 e. The molecule has 0 unspecified atom stereocenters. The van der Waals surface area contributed by atoms with Crippen LogP contribution in [0.15, 0.2) is 71.4 Å². The quantitative estimate of drug-likeness (QED) is 0.0695. The third-order valence-electron chi connectivity index (χ3n) is 9.87. The zero-order chi connectivity index (χ0) is 38.1. The van der Waals surface area contributed by atoms with Crippen LogP contribution in [0.3, 0.4) is 0 Å². The van der Waals surface area contributed by atoms with Crippen molar-refractivity contribution in [2.75, 3.05) is 30.0 Å². The van der Waals surface area contributed by atoms with Crippen molar-refractivity contribution >= 4 is 44.2 Å². The maximum absolute atomic E-state index is 13.5. The number of hydrogen-bond acceptors (Lipinski definition) is 5. The van der Waals surface area contributed by atoms with Gasteiger partial charge < -0.3 is 18.7 Å². The number of hydrogen-bond donors (Lipinski definition) is 3. The maximum atomic E-state index is 13.5. The Hall–Kier alpha value is -3.25. The number of carbonyl (C=O) groups is 2. The summed E-state index contributed by atoms with van der Waals surface area (Å²) in [6.45, 7) is 25.1. The summed E-state index contributed by atoms with van der Waals surface area (Å²) in [6.07, 6.45) is 4.28. The van der Waals surface area contributed by atoms with Crippen LogP contribution in [0.1, 0.15) is 91.8 Å². The number of anilines is 1. The fraction of sp³-hybridized carbons (Fsp3) is 0.475. The lowest BCUT2D eigenvalue weighted by Gasteiger charge is -2.37. The number of aryl methyl sites for hydroxylation is 1. The van der Waals surface area contributed by atoms with Crippen molar-refractivity contribution < 1.29 is 23.0 Å². The Balaban J connectivity index is 1.77. The summed E-state index contributed by atoms with van der Waals surface area (Å²) in [4.78, 5) is 30.5. The summed E-state index contributed by atoms with van der Waals surface area (Å²) < 4.78 is 29.1. The number of nitrogens with one attached hydrogen (secondary N) is 1. The molecule has 2 N–H and O–H groups in total. The lowest BCUT2D eigenvalue weighted by atomic mass is 10.1. The molecule has 51 heavy (non-hydrogen) atoms. The molecule has 278 valence electrons. The van der Waals surface area contributed by atoms with Gasteiger partial charge in [-0.2, -0.15) is 4.36 Å². The van der Waals surface area contributed by atoms with Crippen molar-refractivity contribution in [2.24, 2.45) is 4.36 Å². The van der Waals surface area contributed by atoms with Crippen molar-refractivity contribution in [3.05, 3.63) is 94.8 Å². The van der Waals surface area contributed by atoms with Gasteiger partial charge in [0.25, 0.3) is 11.8 Å². The molecular weight excluding hydrogens is 691 g/mol. The number of aromatic nitrogens is 1. The molecule has 8 nitrogen and oxygen atoms in total. The standard InChI is InChI=1S/C40H59N3O5SSi2/c1-31-16-12-18-34(26-31)37(44)42-36-19-13-17-32(28-36)20-21-33-27-35(30-41-29-33)38(45)43-49(46,24-14-22-47-50(8,9)39(2,3)4)25-15-23-48-51(10,11)40(5,6)7/h12-13,16-19,26-30,49H,14-15,22-25H2,1-11H3,(H,42,44)(H,43,45,46). The van der Waals surface area contributed by atoms with Gasteiger partial charge in [0.05, 0.1) is 5.56 Å². The minimum absolute atomic E-state index is 0.0845. The molecule has 0 aliphatic heterocycles. The molecule has 0 aliphatic rings. The predicted molar refractivity (Wildman–Crippen MR) is 219 cm³/mol. The van der Waals surface area contributed by atoms with Gasteiger partial charge in [0.15, 0.2) is 16.6 Å². The van der Waals surface area contributed by atoms with Crippen molar-refractivity contribution in [1.29, 1.82) is 0 Å². The fourth-order valence-electron chi connectivity index (χ4n) is 4.60. The van der Waals surface area contributed by atoms with E-state index in [1.54, 1.807) is 24.4 Å². The molecule has 0 spiro atoms. The third kappa shape index (κ3) is 13.0. The summed E-state index contributed by atoms with van der Waals surface area (Å²) in [7, 11) is -6.90. The maximum Gasteiger partial charge on any atom is 0.284 e. The largest absolute Gasteiger partial charge is 0.417 e. The Labute approximate surface area is 309 Å². The first-order chi connectivity index (χ1) is 23.6. The lowest BCUT2D eigenvalue weighted by molar-refractivity contribution is 0.100. The molecule has 0 saturated carbocycles. The Morgan fingerprint density at radius 1 is 0.804 bits per heavy atom. The Bertz CT molecular complexity index is 1760. The van der Waals surface area contributed by atoms with Gasteiger partial charge in [0, 0.05) is 59.5 Å². The van der Waals surface area contributed by atoms with Crippen molar-refractivity contribution in [1.82, 2.24) is 4.98 Å². The predicted octanol–water partition coefficient (Wildman–Crippen LogP) is 9.55. The third-order valence-corrected chi connectivity index (χ3v) is 21.6. The molecule has 0 radical (unpaired) electrons. The number of carbonyl (C=O) groups excluding carboxylic acids is 2. The van der Waals surface area contributed by atoms with Crippen LogP contribution in [-0.2, 0) is 19.0 Å². The number of rotatable bonds is 13. The van der Waals surface area contributed by atoms with E-state index in [0.717, 1.165) is 5.56 Å². The molecule has 3 rings (SSSR count). The van der Waals surface area contributed by atoms with Crippen LogP contribution in [0.2, 0.25) is 36.3 Å². The number of amides is 2. The molecule has 1 heterocycles. The van der Waals surface area contributed by atoms with Crippen LogP contribution in [0.4, 0.5) is 5.69 Å². The average Bonchev–Trinajstić information content (AvgIpc) is 3.03. The van der Waals surface area contributed by atoms with Crippen LogP contribution in [0.25, 0.3) is 0 Å². The highest BCUT2D eigenvalue weighted by atomic mass is 32.3. The first-order valence-corrected chi connectivity index (χ1v) is 25.6. The number of nitrogens with zero attached hydrogens (tertiary/aromatic N) is 2. The van der Waals surface area contributed by atoms with E-state index in [1.165, 1.54) is 6.20 Å². The molecule has 0 bridgehead atoms. The normalized spacial score (nSPS) is 12.9. The van der Waals surface area contributed by atoms with E-state index in [4.69, 9.17) is 8.85 Å². The van der Waals surface area contributed by atoms with Crippen LogP contribution < -0.4 is 5.32 Å². The summed E-state index contributed by atoms with van der Waals surface area (Å²) in [5.74, 6) is 6.28. The van der Waals surface area contributed by atoms with Crippen molar-refractivity contribution in [2.45, 2.75) is 97.6 Å². The van der Waals surface area contributed by atoms with E-state index in [0.29, 0.717) is 59.9 Å². The van der Waals surface area contributed by atoms with Gasteiger partial charge in [-0.1, -0.05) is 77.1 Å². The minimum Gasteiger partial charge on any atom is -0.417 e. The summed E-state index contributed by atoms with van der Waals surface area (Å²) in [5.41, 5.74) is 3.72. The zero-order valence-corrected chi connectivity index (χ0v) is 35.4. The molecule has 0 aliphatic carbocycles. The van der Waals surface area contributed by atoms with Gasteiger partial charge in [-0.05, 0) is 92.4 Å². The highest BCUT2D eigenvalue weighted by molar-refractivity contribution is 8.00. The monoisotopic (exact) mass is 749 g/mol. The van der Waals surface area contributed by atoms with E-state index in [2.05, 4.69) is 94.2 Å². The molecule has 1 aromatic heterocycles. The summed E-state index contributed by atoms with van der Waals surface area (Å²) in [6, 6.07) is 16.3. The molecule has 3 aromatic rings. The second-order valence-corrected chi connectivity index (χ2v) is 28.7. The van der Waals surface area contributed by atoms with Gasteiger partial charge in [-0.25, -0.2) is 0 Å². The second kappa shape index (κ2) is 17.5. The first-order valence-electron chi connectivity index (χ1n) is 17.7. The Morgan fingerprint density at radius 2 is 1.37 bits per heavy atom. The highest BCUT2D eigenvalue weighted by Gasteiger charge is 2.38. The van der Waals surface area contributed by atoms with Crippen LogP contribution in [0.5, 0.6) is 0 Å². The van der Waals surface area contributed by atoms with E-state index in [-0.39, 0.29) is 21.5 Å². The second-order valence-electron chi connectivity index (χ2n) is 16.3. The van der Waals surface area contributed by atoms with Crippen LogP contribution in [0, 0.1) is 18.8 Å². The highest BCUT2D eigenvalue weighted by Crippen LogP contribution is 2.37. The minimum atomic E-state index is -3.01. The van der Waals surface area contributed by atoms with Gasteiger partial charge in [-0.3, -0.25) is 14.6 Å². The molecule has 0 saturated heterocycles. The Kier molecular flexibility index (Phi) is 14.5. The molecule has 0 atom stereocenters. The van der Waals surface area contributed by atoms with E-state index >= 15 is 0 Å². The Morgan fingerprint density at radius 3 is 1.94 bits per heavy atom. The van der Waals surface area contributed by atoms with E-state index in [9.17, 15) is 14.1 Å². The lowest BCUT2D eigenvalue weighted by Crippen LogP contribution is -2.41. The zero-order valence-electron chi connectivity index (χ0n) is 32.5. The van der Waals surface area contributed by atoms with Gasteiger partial charge in [0.1, 0.15) is 0 Å². The van der Waals surface area contributed by atoms with Crippen LogP contribution in [-0.4, -0.2) is 62.7 Å². The molecule has 0 fully saturated rings. The average molecular weight is 750 g/mol. The number of thiol groups is 1. The van der Waals surface area contributed by atoms with E-state index in [1.807, 2.05) is 43.3 Å².